The van der Waals surface area contributed by atoms with Gasteiger partial charge in [-0.2, -0.15) is 0 Å². The van der Waals surface area contributed by atoms with Crippen LogP contribution in [0.4, 0.5) is 0 Å². The van der Waals surface area contributed by atoms with Gasteiger partial charge < -0.3 is 0 Å². The second-order valence-electron chi connectivity index (χ2n) is 3.16. The topological polar surface area (TPSA) is 110 Å². The first-order chi connectivity index (χ1) is 7.02. The molecule has 0 aliphatic heterocycles. The lowest BCUT2D eigenvalue weighted by Gasteiger charge is -2.12. The highest BCUT2D eigenvalue weighted by atomic mass is 16.8. The number of carbonyl (C=O) groups excluding carboxylic acids is 2. The van der Waals surface area contributed by atoms with Crippen LogP contribution in [0.1, 0.15) is 32.6 Å². The summed E-state index contributed by atoms with van der Waals surface area (Å²) in [5.74, 6) is -1.68. The Morgan fingerprint density at radius 3 is 2.40 bits per heavy atom. The van der Waals surface area contributed by atoms with Crippen LogP contribution < -0.4 is 5.48 Å². The van der Waals surface area contributed by atoms with Crippen LogP contribution in [0.5, 0.6) is 0 Å². The van der Waals surface area contributed by atoms with Crippen LogP contribution in [0.25, 0.3) is 0 Å². The molecule has 0 spiro atoms. The van der Waals surface area contributed by atoms with E-state index < -0.39 is 17.0 Å². The number of hydroxylamine groups is 3. The fraction of sp³-hybridized carbons (Fsp3) is 0.750. The van der Waals surface area contributed by atoms with Crippen molar-refractivity contribution in [3.05, 3.63) is 0 Å². The number of amides is 2. The van der Waals surface area contributed by atoms with Crippen LogP contribution in [-0.2, 0) is 9.59 Å². The molecule has 0 rings (SSSR count). The van der Waals surface area contributed by atoms with E-state index in [1.807, 2.05) is 0 Å². The van der Waals surface area contributed by atoms with Crippen LogP contribution in [-0.4, -0.2) is 32.7 Å². The molecule has 4 N–H and O–H groups in total. The molecule has 7 nitrogen and oxygen atoms in total. The zero-order valence-corrected chi connectivity index (χ0v) is 8.51. The monoisotopic (exact) mass is 220 g/mol. The molecule has 0 aromatic heterocycles. The fourth-order valence-electron chi connectivity index (χ4n) is 1.21. The summed E-state index contributed by atoms with van der Waals surface area (Å²) in [5.41, 5.74) is 1.54. The highest BCUT2D eigenvalue weighted by Crippen LogP contribution is 2.12. The van der Waals surface area contributed by atoms with Gasteiger partial charge in [0.05, 0.1) is 0 Å². The lowest BCUT2D eigenvalue weighted by molar-refractivity contribution is -0.285. The van der Waals surface area contributed by atoms with Crippen molar-refractivity contribution in [3.63, 3.8) is 0 Å². The maximum Gasteiger partial charge on any atom is 0.273 e. The van der Waals surface area contributed by atoms with Crippen molar-refractivity contribution in [1.82, 2.24) is 10.7 Å². The predicted molar refractivity (Wildman–Crippen MR) is 48.0 cm³/mol. The normalized spacial score (nSPS) is 12.0. The van der Waals surface area contributed by atoms with Crippen LogP contribution in [0.3, 0.4) is 0 Å². The van der Waals surface area contributed by atoms with Gasteiger partial charge in [0.25, 0.3) is 5.91 Å². The molecule has 0 aliphatic rings. The second kappa shape index (κ2) is 7.16. The molecule has 0 saturated carbocycles. The van der Waals surface area contributed by atoms with E-state index in [2.05, 4.69) is 0 Å². The summed E-state index contributed by atoms with van der Waals surface area (Å²) in [6, 6.07) is 0. The molecule has 2 amide bonds. The molecule has 1 atom stereocenters. The van der Waals surface area contributed by atoms with Gasteiger partial charge in [-0.25, -0.2) is 5.48 Å². The van der Waals surface area contributed by atoms with Gasteiger partial charge in [0.15, 0.2) is 0 Å². The van der Waals surface area contributed by atoms with Crippen LogP contribution >= 0.6 is 0 Å². The first-order valence-corrected chi connectivity index (χ1v) is 4.67. The van der Waals surface area contributed by atoms with Crippen molar-refractivity contribution in [1.29, 1.82) is 0 Å². The number of rotatable bonds is 6. The molecule has 0 radical (unpaired) electrons. The SMILES string of the molecule is CCC(CCCC(=O)N(O)O)C(=O)NO. The van der Waals surface area contributed by atoms with E-state index in [1.165, 1.54) is 0 Å². The smallest absolute Gasteiger partial charge is 0.273 e. The van der Waals surface area contributed by atoms with Gasteiger partial charge in [-0.1, -0.05) is 12.2 Å². The quantitative estimate of drug-likeness (QED) is 0.380. The van der Waals surface area contributed by atoms with Crippen molar-refractivity contribution in [2.45, 2.75) is 32.6 Å². The van der Waals surface area contributed by atoms with Crippen molar-refractivity contribution in [2.24, 2.45) is 5.92 Å². The van der Waals surface area contributed by atoms with Gasteiger partial charge in [0, 0.05) is 12.3 Å². The molecule has 0 heterocycles. The highest BCUT2D eigenvalue weighted by molar-refractivity contribution is 5.77. The Kier molecular flexibility index (Phi) is 6.59. The Morgan fingerprint density at radius 2 is 2.00 bits per heavy atom. The standard InChI is InChI=1S/C8H16N2O5/c1-2-6(8(12)9-13)4-3-5-7(11)10(14)15/h6,13-15H,2-5H2,1H3,(H,9,12). The Morgan fingerprint density at radius 1 is 1.40 bits per heavy atom. The summed E-state index contributed by atoms with van der Waals surface area (Å²) in [7, 11) is 0. The van der Waals surface area contributed by atoms with Gasteiger partial charge in [0.2, 0.25) is 5.91 Å². The third-order valence-corrected chi connectivity index (χ3v) is 2.14. The Bertz CT molecular complexity index is 219. The molecule has 88 valence electrons. The van der Waals surface area contributed by atoms with E-state index in [9.17, 15) is 9.59 Å². The van der Waals surface area contributed by atoms with E-state index >= 15 is 0 Å². The molecule has 0 bridgehead atoms. The highest BCUT2D eigenvalue weighted by Gasteiger charge is 2.16. The summed E-state index contributed by atoms with van der Waals surface area (Å²) in [6.07, 6.45) is 1.25. The second-order valence-corrected chi connectivity index (χ2v) is 3.16. The maximum atomic E-state index is 11.0. The molecule has 1 unspecified atom stereocenters. The minimum Gasteiger partial charge on any atom is -0.289 e. The van der Waals surface area contributed by atoms with Gasteiger partial charge in [-0.15, -0.1) is 0 Å². The average Bonchev–Trinajstić information content (AvgIpc) is 2.22. The molecule has 0 saturated heterocycles. The van der Waals surface area contributed by atoms with Crippen LogP contribution in [0.15, 0.2) is 0 Å². The van der Waals surface area contributed by atoms with Crippen LogP contribution in [0, 0.1) is 5.92 Å². The van der Waals surface area contributed by atoms with E-state index in [-0.39, 0.29) is 12.3 Å². The van der Waals surface area contributed by atoms with E-state index in [1.54, 1.807) is 12.4 Å². The number of nitrogens with one attached hydrogen (secondary N) is 1. The zero-order valence-electron chi connectivity index (χ0n) is 8.51. The third kappa shape index (κ3) is 5.31. The molecule has 7 heteroatoms. The predicted octanol–water partition coefficient (Wildman–Crippen LogP) is 0.295. The largest absolute Gasteiger partial charge is 0.289 e. The summed E-state index contributed by atoms with van der Waals surface area (Å²) in [4.78, 5) is 21.7. The summed E-state index contributed by atoms with van der Waals surface area (Å²) < 4.78 is 0. The summed E-state index contributed by atoms with van der Waals surface area (Å²) >= 11 is 0. The van der Waals surface area contributed by atoms with Crippen molar-refractivity contribution < 1.29 is 25.2 Å². The minimum absolute atomic E-state index is 0.0534. The van der Waals surface area contributed by atoms with Crippen molar-refractivity contribution in [2.75, 3.05) is 0 Å². The van der Waals surface area contributed by atoms with Gasteiger partial charge in [-0.05, 0) is 19.3 Å². The average molecular weight is 220 g/mol. The van der Waals surface area contributed by atoms with Gasteiger partial charge >= 0.3 is 0 Å². The number of nitrogens with zero attached hydrogens (tertiary/aromatic N) is 1. The summed E-state index contributed by atoms with van der Waals surface area (Å²) in [5, 5.41) is 24.6. The fourth-order valence-corrected chi connectivity index (χ4v) is 1.21. The lowest BCUT2D eigenvalue weighted by atomic mass is 9.98. The number of carbonyl (C=O) groups is 2. The van der Waals surface area contributed by atoms with Gasteiger partial charge in [-0.3, -0.25) is 25.2 Å². The third-order valence-electron chi connectivity index (χ3n) is 2.14. The molecular weight excluding hydrogens is 204 g/mol. The zero-order chi connectivity index (χ0) is 11.8. The molecular formula is C8H16N2O5. The van der Waals surface area contributed by atoms with Crippen molar-refractivity contribution >= 4 is 11.8 Å². The van der Waals surface area contributed by atoms with E-state index in [4.69, 9.17) is 15.6 Å². The van der Waals surface area contributed by atoms with Crippen molar-refractivity contribution in [3.8, 4) is 0 Å². The van der Waals surface area contributed by atoms with Gasteiger partial charge in [0.1, 0.15) is 0 Å². The molecule has 0 aliphatic carbocycles. The Balaban J connectivity index is 3.82. The Labute approximate surface area is 87.2 Å². The maximum absolute atomic E-state index is 11.0. The lowest BCUT2D eigenvalue weighted by Crippen LogP contribution is -2.28. The molecule has 0 aromatic rings. The first kappa shape index (κ1) is 13.8. The molecule has 0 fully saturated rings. The number of hydrogen-bond donors (Lipinski definition) is 4. The molecule has 15 heavy (non-hydrogen) atoms. The van der Waals surface area contributed by atoms with Crippen LogP contribution in [0.2, 0.25) is 0 Å². The Hall–Kier alpha value is -1.18. The van der Waals surface area contributed by atoms with E-state index in [0.717, 1.165) is 0 Å². The summed E-state index contributed by atoms with van der Waals surface area (Å²) in [6.45, 7) is 1.78. The molecule has 0 aromatic carbocycles. The minimum atomic E-state index is -0.825. The first-order valence-electron chi connectivity index (χ1n) is 4.67. The number of hydrogen-bond acceptors (Lipinski definition) is 5. The van der Waals surface area contributed by atoms with E-state index in [0.29, 0.717) is 19.3 Å².